The molecule has 30 heavy (non-hydrogen) atoms. The van der Waals surface area contributed by atoms with E-state index in [4.69, 9.17) is 4.74 Å². The fourth-order valence-electron chi connectivity index (χ4n) is 2.59. The number of anilines is 2. The summed E-state index contributed by atoms with van der Waals surface area (Å²) in [6.07, 6.45) is 0. The second kappa shape index (κ2) is 8.62. The van der Waals surface area contributed by atoms with Crippen LogP contribution in [0.1, 0.15) is 10.4 Å². The molecule has 10 heteroatoms. The maximum Gasteiger partial charge on any atom is 0.269 e. The molecule has 0 aliphatic rings. The molecule has 0 aromatic heterocycles. The Morgan fingerprint density at radius 1 is 0.967 bits per heavy atom. The molecule has 154 valence electrons. The highest BCUT2D eigenvalue weighted by Gasteiger charge is 2.19. The maximum atomic E-state index is 12.7. The molecule has 3 rings (SSSR count). The van der Waals surface area contributed by atoms with Crippen LogP contribution in [0.3, 0.4) is 0 Å². The number of nitrogens with one attached hydrogen (secondary N) is 2. The lowest BCUT2D eigenvalue weighted by Crippen LogP contribution is -2.18. The van der Waals surface area contributed by atoms with Gasteiger partial charge in [0.2, 0.25) is 0 Å². The number of amides is 1. The molecule has 9 nitrogen and oxygen atoms in total. The average molecular weight is 427 g/mol. The molecule has 0 radical (unpaired) electrons. The molecule has 0 saturated heterocycles. The molecule has 3 aromatic carbocycles. The Balaban J connectivity index is 1.83. The van der Waals surface area contributed by atoms with Crippen LogP contribution in [0.4, 0.5) is 17.1 Å². The van der Waals surface area contributed by atoms with Crippen molar-refractivity contribution < 1.29 is 22.9 Å². The zero-order valence-electron chi connectivity index (χ0n) is 15.7. The molecule has 0 aliphatic heterocycles. The third-order valence-electron chi connectivity index (χ3n) is 4.12. The first-order valence-electron chi connectivity index (χ1n) is 8.62. The number of hydrogen-bond donors (Lipinski definition) is 2. The van der Waals surface area contributed by atoms with Crippen LogP contribution in [-0.4, -0.2) is 26.4 Å². The van der Waals surface area contributed by atoms with Gasteiger partial charge in [-0.05, 0) is 48.5 Å². The van der Waals surface area contributed by atoms with E-state index in [1.807, 2.05) is 0 Å². The van der Waals surface area contributed by atoms with Gasteiger partial charge in [-0.2, -0.15) is 0 Å². The molecule has 0 fully saturated rings. The van der Waals surface area contributed by atoms with Gasteiger partial charge in [-0.1, -0.05) is 12.1 Å². The summed E-state index contributed by atoms with van der Waals surface area (Å²) >= 11 is 0. The minimum atomic E-state index is -4.06. The van der Waals surface area contributed by atoms with Gasteiger partial charge in [0.05, 0.1) is 28.2 Å². The Morgan fingerprint density at radius 2 is 1.60 bits per heavy atom. The minimum absolute atomic E-state index is 0.0712. The average Bonchev–Trinajstić information content (AvgIpc) is 2.74. The highest BCUT2D eigenvalue weighted by Crippen LogP contribution is 2.23. The molecule has 0 saturated carbocycles. The standard InChI is InChI=1S/C20H17N3O6S/c1-29-16-10-6-14(7-11-16)21-20(24)18-4-2-3-5-19(18)22-30(27,28)17-12-8-15(9-13-17)23(25)26/h2-13,22H,1H3,(H,21,24). The summed E-state index contributed by atoms with van der Waals surface area (Å²) in [5, 5.41) is 13.4. The van der Waals surface area contributed by atoms with Gasteiger partial charge < -0.3 is 10.1 Å². The topological polar surface area (TPSA) is 128 Å². The number of non-ortho nitro benzene ring substituents is 1. The van der Waals surface area contributed by atoms with Crippen molar-refractivity contribution in [3.05, 3.63) is 88.5 Å². The van der Waals surface area contributed by atoms with Crippen LogP contribution in [0.5, 0.6) is 5.75 Å². The van der Waals surface area contributed by atoms with Gasteiger partial charge in [0.1, 0.15) is 5.75 Å². The van der Waals surface area contributed by atoms with E-state index in [-0.39, 0.29) is 21.8 Å². The molecule has 1 amide bonds. The zero-order valence-corrected chi connectivity index (χ0v) is 16.5. The molecule has 2 N–H and O–H groups in total. The molecule has 0 aliphatic carbocycles. The summed E-state index contributed by atoms with van der Waals surface area (Å²) in [5.41, 5.74) is 0.461. The number of benzene rings is 3. The Hall–Kier alpha value is -3.92. The first-order valence-corrected chi connectivity index (χ1v) is 10.1. The van der Waals surface area contributed by atoms with E-state index < -0.39 is 20.9 Å². The monoisotopic (exact) mass is 427 g/mol. The minimum Gasteiger partial charge on any atom is -0.497 e. The fraction of sp³-hybridized carbons (Fsp3) is 0.0500. The lowest BCUT2D eigenvalue weighted by atomic mass is 10.1. The molecule has 0 atom stereocenters. The van der Waals surface area contributed by atoms with E-state index in [0.717, 1.165) is 24.3 Å². The highest BCUT2D eigenvalue weighted by atomic mass is 32.2. The van der Waals surface area contributed by atoms with Gasteiger partial charge in [0, 0.05) is 17.8 Å². The Bertz CT molecular complexity index is 1180. The molecule has 0 unspecified atom stereocenters. The summed E-state index contributed by atoms with van der Waals surface area (Å²) in [7, 11) is -2.53. The Kier molecular flexibility index (Phi) is 5.98. The molecule has 0 spiro atoms. The number of carbonyl (C=O) groups excluding carboxylic acids is 1. The van der Waals surface area contributed by atoms with E-state index in [1.54, 1.807) is 36.4 Å². The second-order valence-corrected chi connectivity index (χ2v) is 7.77. The van der Waals surface area contributed by atoms with Gasteiger partial charge >= 0.3 is 0 Å². The number of methoxy groups -OCH3 is 1. The zero-order chi connectivity index (χ0) is 21.7. The quantitative estimate of drug-likeness (QED) is 0.437. The van der Waals surface area contributed by atoms with Crippen LogP contribution in [-0.2, 0) is 10.0 Å². The maximum absolute atomic E-state index is 12.7. The predicted molar refractivity (Wildman–Crippen MR) is 111 cm³/mol. The van der Waals surface area contributed by atoms with Crippen molar-refractivity contribution >= 4 is 33.0 Å². The molecule has 3 aromatic rings. The highest BCUT2D eigenvalue weighted by molar-refractivity contribution is 7.92. The molecule has 0 bridgehead atoms. The normalized spacial score (nSPS) is 10.8. The molecular weight excluding hydrogens is 410 g/mol. The molecule has 0 heterocycles. The number of sulfonamides is 1. The van der Waals surface area contributed by atoms with Crippen molar-refractivity contribution in [2.45, 2.75) is 4.90 Å². The van der Waals surface area contributed by atoms with Crippen LogP contribution in [0.2, 0.25) is 0 Å². The fourth-order valence-corrected chi connectivity index (χ4v) is 3.67. The SMILES string of the molecule is COc1ccc(NC(=O)c2ccccc2NS(=O)(=O)c2ccc([N+](=O)[O-])cc2)cc1. The van der Waals surface area contributed by atoms with Crippen molar-refractivity contribution in [2.24, 2.45) is 0 Å². The Labute approximate surface area is 172 Å². The first-order chi connectivity index (χ1) is 14.3. The van der Waals surface area contributed by atoms with Gasteiger partial charge in [-0.15, -0.1) is 0 Å². The van der Waals surface area contributed by atoms with Crippen molar-refractivity contribution in [1.29, 1.82) is 0 Å². The van der Waals surface area contributed by atoms with Gasteiger partial charge in [-0.25, -0.2) is 8.42 Å². The van der Waals surface area contributed by atoms with Crippen LogP contribution < -0.4 is 14.8 Å². The smallest absolute Gasteiger partial charge is 0.269 e. The largest absolute Gasteiger partial charge is 0.497 e. The predicted octanol–water partition coefficient (Wildman–Crippen LogP) is 3.66. The number of nitrogens with zero attached hydrogens (tertiary/aromatic N) is 1. The lowest BCUT2D eigenvalue weighted by Gasteiger charge is -2.13. The van der Waals surface area contributed by atoms with Crippen molar-refractivity contribution in [1.82, 2.24) is 0 Å². The van der Waals surface area contributed by atoms with Crippen LogP contribution in [0, 0.1) is 10.1 Å². The number of carbonyl (C=O) groups is 1. The van der Waals surface area contributed by atoms with Crippen LogP contribution in [0.15, 0.2) is 77.7 Å². The Morgan fingerprint density at radius 3 is 2.20 bits per heavy atom. The van der Waals surface area contributed by atoms with E-state index >= 15 is 0 Å². The summed E-state index contributed by atoms with van der Waals surface area (Å²) in [6.45, 7) is 0. The molecular formula is C20H17N3O6S. The van der Waals surface area contributed by atoms with Crippen molar-refractivity contribution in [3.63, 3.8) is 0 Å². The van der Waals surface area contributed by atoms with Crippen LogP contribution in [0.25, 0.3) is 0 Å². The third-order valence-corrected chi connectivity index (χ3v) is 5.50. The number of ether oxygens (including phenoxy) is 1. The summed E-state index contributed by atoms with van der Waals surface area (Å²) in [4.78, 5) is 22.6. The van der Waals surface area contributed by atoms with E-state index in [1.165, 1.54) is 19.2 Å². The second-order valence-electron chi connectivity index (χ2n) is 6.08. The number of rotatable bonds is 7. The van der Waals surface area contributed by atoms with E-state index in [0.29, 0.717) is 11.4 Å². The number of hydrogen-bond acceptors (Lipinski definition) is 6. The van der Waals surface area contributed by atoms with Crippen molar-refractivity contribution in [3.8, 4) is 5.75 Å². The third kappa shape index (κ3) is 4.73. The van der Waals surface area contributed by atoms with Gasteiger partial charge in [0.25, 0.3) is 21.6 Å². The van der Waals surface area contributed by atoms with Crippen molar-refractivity contribution in [2.75, 3.05) is 17.1 Å². The summed E-state index contributed by atoms with van der Waals surface area (Å²) in [6, 6.07) is 17.2. The number of nitro groups is 1. The van der Waals surface area contributed by atoms with Gasteiger partial charge in [0.15, 0.2) is 0 Å². The summed E-state index contributed by atoms with van der Waals surface area (Å²) in [5.74, 6) is 0.117. The van der Waals surface area contributed by atoms with Crippen LogP contribution >= 0.6 is 0 Å². The number of nitro benzene ring substituents is 1. The van der Waals surface area contributed by atoms with E-state index in [9.17, 15) is 23.3 Å². The van der Waals surface area contributed by atoms with Gasteiger partial charge in [-0.3, -0.25) is 19.6 Å². The number of para-hydroxylation sites is 1. The first kappa shape index (κ1) is 20.8. The van der Waals surface area contributed by atoms with E-state index in [2.05, 4.69) is 10.0 Å². The summed E-state index contributed by atoms with van der Waals surface area (Å²) < 4.78 is 32.7. The lowest BCUT2D eigenvalue weighted by molar-refractivity contribution is -0.384.